The zero-order valence-electron chi connectivity index (χ0n) is 10.3. The number of ether oxygens (including phenoxy) is 1. The maximum absolute atomic E-state index is 12.9. The van der Waals surface area contributed by atoms with Crippen LogP contribution >= 0.6 is 0 Å². The molecule has 0 aliphatic heterocycles. The lowest BCUT2D eigenvalue weighted by atomic mass is 9.97. The zero-order valence-corrected chi connectivity index (χ0v) is 10.3. The minimum atomic E-state index is -7.81. The summed E-state index contributed by atoms with van der Waals surface area (Å²) < 4.78 is 165. The number of carbonyl (C=O) groups is 1. The second kappa shape index (κ2) is 5.87. The van der Waals surface area contributed by atoms with Gasteiger partial charge < -0.3 is 10.5 Å². The first-order valence-electron chi connectivity index (χ1n) is 4.86. The van der Waals surface area contributed by atoms with Gasteiger partial charge in [0.1, 0.15) is 0 Å². The molecular weight excluding hydrogens is 389 g/mol. The van der Waals surface area contributed by atoms with Crippen molar-refractivity contribution in [3.8, 4) is 0 Å². The number of hydrogen-bond donors (Lipinski definition) is 1. The van der Waals surface area contributed by atoms with Crippen molar-refractivity contribution >= 4 is 5.91 Å². The van der Waals surface area contributed by atoms with Gasteiger partial charge in [-0.25, -0.2) is 0 Å². The summed E-state index contributed by atoms with van der Waals surface area (Å²) >= 11 is 0. The fourth-order valence-electron chi connectivity index (χ4n) is 0.947. The molecule has 0 unspecified atom stereocenters. The van der Waals surface area contributed by atoms with E-state index < -0.39 is 47.8 Å². The molecule has 0 heterocycles. The molecule has 2 N–H and O–H groups in total. The fourth-order valence-corrected chi connectivity index (χ4v) is 0.947. The van der Waals surface area contributed by atoms with Crippen LogP contribution in [0.15, 0.2) is 12.1 Å². The molecule has 16 heteroatoms. The number of hydrogen-bond acceptors (Lipinski definition) is 2. The monoisotopic (exact) mass is 391 g/mol. The van der Waals surface area contributed by atoms with E-state index in [0.717, 1.165) is 0 Å². The SMILES string of the molecule is NC(=O)C(F)(F)C(F)(F)C(F)(F)C(F)(F)C(F)(F)OC(F)=C(F)F. The summed E-state index contributed by atoms with van der Waals surface area (Å²) in [5.41, 5.74) is 3.59. The Labute approximate surface area is 121 Å². The second-order valence-corrected chi connectivity index (χ2v) is 3.81. The molecule has 1 amide bonds. The molecule has 0 saturated heterocycles. The van der Waals surface area contributed by atoms with Crippen LogP contribution in [0.5, 0.6) is 0 Å². The molecule has 24 heavy (non-hydrogen) atoms. The normalized spacial score (nSPS) is 14.4. The molecule has 0 aliphatic carbocycles. The van der Waals surface area contributed by atoms with Gasteiger partial charge >= 0.3 is 41.9 Å². The van der Waals surface area contributed by atoms with E-state index in [4.69, 9.17) is 0 Å². The Morgan fingerprint density at radius 1 is 0.708 bits per heavy atom. The molecule has 0 aromatic carbocycles. The van der Waals surface area contributed by atoms with E-state index in [2.05, 4.69) is 5.73 Å². The third kappa shape index (κ3) is 3.04. The van der Waals surface area contributed by atoms with E-state index in [1.54, 1.807) is 0 Å². The Balaban J connectivity index is 6.17. The van der Waals surface area contributed by atoms with Crippen molar-refractivity contribution in [2.24, 2.45) is 5.73 Å². The fraction of sp³-hybridized carbons (Fsp3) is 0.625. The lowest BCUT2D eigenvalue weighted by Crippen LogP contribution is -2.69. The quantitative estimate of drug-likeness (QED) is 0.532. The van der Waals surface area contributed by atoms with Crippen molar-refractivity contribution in [3.63, 3.8) is 0 Å². The first-order valence-corrected chi connectivity index (χ1v) is 4.86. The van der Waals surface area contributed by atoms with Crippen LogP contribution < -0.4 is 5.73 Å². The topological polar surface area (TPSA) is 52.3 Å². The second-order valence-electron chi connectivity index (χ2n) is 3.81. The van der Waals surface area contributed by atoms with Gasteiger partial charge in [-0.05, 0) is 0 Å². The highest BCUT2D eigenvalue weighted by atomic mass is 19.4. The molecule has 3 nitrogen and oxygen atoms in total. The average Bonchev–Trinajstić information content (AvgIpc) is 2.36. The number of halogens is 13. The average molecular weight is 391 g/mol. The summed E-state index contributed by atoms with van der Waals surface area (Å²) in [6, 6.07) is -3.87. The van der Waals surface area contributed by atoms with E-state index in [1.807, 2.05) is 4.74 Å². The zero-order chi connectivity index (χ0) is 19.9. The Bertz CT molecular complexity index is 536. The maximum atomic E-state index is 12.9. The predicted octanol–water partition coefficient (Wildman–Crippen LogP) is 3.66. The van der Waals surface area contributed by atoms with Crippen LogP contribution in [0.4, 0.5) is 57.1 Å². The minimum absolute atomic E-state index is 1.82. The molecule has 0 bridgehead atoms. The molecule has 0 aromatic heterocycles. The number of nitrogens with two attached hydrogens (primary N) is 1. The molecule has 0 radical (unpaired) electrons. The van der Waals surface area contributed by atoms with Gasteiger partial charge in [0.25, 0.3) is 5.91 Å². The van der Waals surface area contributed by atoms with E-state index in [1.165, 1.54) is 0 Å². The summed E-state index contributed by atoms with van der Waals surface area (Å²) in [6.45, 7) is 0. The number of carbonyl (C=O) groups excluding carboxylic acids is 1. The Morgan fingerprint density at radius 2 is 1.08 bits per heavy atom. The number of amides is 1. The van der Waals surface area contributed by atoms with E-state index in [9.17, 15) is 61.9 Å². The number of primary amides is 1. The van der Waals surface area contributed by atoms with Crippen LogP contribution in [0.3, 0.4) is 0 Å². The summed E-state index contributed by atoms with van der Waals surface area (Å²) in [6.07, 6.45) is -11.1. The molecule has 0 fully saturated rings. The van der Waals surface area contributed by atoms with Crippen molar-refractivity contribution in [3.05, 3.63) is 12.1 Å². The highest BCUT2D eigenvalue weighted by Crippen LogP contribution is 2.57. The summed E-state index contributed by atoms with van der Waals surface area (Å²) in [7, 11) is 0. The van der Waals surface area contributed by atoms with Gasteiger partial charge in [-0.15, -0.1) is 0 Å². The lowest BCUT2D eigenvalue weighted by Gasteiger charge is -2.37. The Hall–Kier alpha value is -1.90. The maximum Gasteiger partial charge on any atom is 0.472 e. The van der Waals surface area contributed by atoms with Crippen LogP contribution in [0.1, 0.15) is 0 Å². The van der Waals surface area contributed by atoms with Crippen LogP contribution in [-0.2, 0) is 9.53 Å². The molecule has 0 rings (SSSR count). The van der Waals surface area contributed by atoms with Crippen LogP contribution in [0.2, 0.25) is 0 Å². The summed E-state index contributed by atoms with van der Waals surface area (Å²) in [5, 5.41) is 0. The standard InChI is InChI=1S/C8H2F13NO2/c9-1(10)2(11)24-8(20,21)7(18,19)6(16,17)5(14,15)4(12,13)3(22)23/h(H2,22,23). The molecule has 0 atom stereocenters. The van der Waals surface area contributed by atoms with Gasteiger partial charge in [-0.1, -0.05) is 0 Å². The molecule has 0 saturated carbocycles. The van der Waals surface area contributed by atoms with Crippen LogP contribution in [-0.4, -0.2) is 35.7 Å². The summed E-state index contributed by atoms with van der Waals surface area (Å²) in [5.74, 6) is -33.4. The van der Waals surface area contributed by atoms with Crippen molar-refractivity contribution < 1.29 is 66.6 Å². The van der Waals surface area contributed by atoms with Gasteiger partial charge in [0, 0.05) is 0 Å². The minimum Gasteiger partial charge on any atom is -0.397 e. The summed E-state index contributed by atoms with van der Waals surface area (Å²) in [4.78, 5) is 9.99. The van der Waals surface area contributed by atoms with Crippen LogP contribution in [0, 0.1) is 0 Å². The van der Waals surface area contributed by atoms with Crippen LogP contribution in [0.25, 0.3) is 0 Å². The van der Waals surface area contributed by atoms with E-state index in [-0.39, 0.29) is 0 Å². The first-order chi connectivity index (χ1) is 10.3. The van der Waals surface area contributed by atoms with Gasteiger partial charge in [0.2, 0.25) is 0 Å². The molecule has 0 aliphatic rings. The highest BCUT2D eigenvalue weighted by molar-refractivity contribution is 5.83. The van der Waals surface area contributed by atoms with Crippen molar-refractivity contribution in [2.45, 2.75) is 29.8 Å². The smallest absolute Gasteiger partial charge is 0.397 e. The number of alkyl halides is 10. The molecule has 142 valence electrons. The molecule has 0 spiro atoms. The van der Waals surface area contributed by atoms with E-state index >= 15 is 0 Å². The third-order valence-electron chi connectivity index (χ3n) is 2.22. The van der Waals surface area contributed by atoms with Gasteiger partial charge in [0.05, 0.1) is 0 Å². The van der Waals surface area contributed by atoms with Gasteiger partial charge in [0.15, 0.2) is 0 Å². The lowest BCUT2D eigenvalue weighted by molar-refractivity contribution is -0.438. The largest absolute Gasteiger partial charge is 0.472 e. The van der Waals surface area contributed by atoms with Gasteiger partial charge in [-0.2, -0.15) is 57.1 Å². The van der Waals surface area contributed by atoms with Gasteiger partial charge in [-0.3, -0.25) is 4.79 Å². The van der Waals surface area contributed by atoms with Crippen molar-refractivity contribution in [2.75, 3.05) is 0 Å². The number of rotatable bonds is 7. The highest BCUT2D eigenvalue weighted by Gasteiger charge is 2.89. The van der Waals surface area contributed by atoms with E-state index in [0.29, 0.717) is 0 Å². The molecular formula is C8H2F13NO2. The predicted molar refractivity (Wildman–Crippen MR) is 45.4 cm³/mol. The third-order valence-corrected chi connectivity index (χ3v) is 2.22. The van der Waals surface area contributed by atoms with Crippen molar-refractivity contribution in [1.82, 2.24) is 0 Å². The molecule has 0 aromatic rings. The first kappa shape index (κ1) is 22.1. The Kier molecular flexibility index (Phi) is 5.41. The van der Waals surface area contributed by atoms with Crippen molar-refractivity contribution in [1.29, 1.82) is 0 Å². The Morgan fingerprint density at radius 3 is 1.38 bits per heavy atom.